The Morgan fingerprint density at radius 2 is 1.38 bits per heavy atom. The van der Waals surface area contributed by atoms with Gasteiger partial charge in [0.2, 0.25) is 0 Å². The van der Waals surface area contributed by atoms with Gasteiger partial charge in [0.15, 0.2) is 29.1 Å². The number of ether oxygens (including phenoxy) is 1. The molecule has 0 fully saturated rings. The molecule has 0 aromatic heterocycles. The van der Waals surface area contributed by atoms with Gasteiger partial charge in [0.05, 0.1) is 5.56 Å². The molecule has 1 nitrogen and oxygen atoms in total. The molecular formula is C26H19F7O. The third-order valence-electron chi connectivity index (χ3n) is 5.84. The Morgan fingerprint density at radius 3 is 1.97 bits per heavy atom. The zero-order chi connectivity index (χ0) is 24.6. The second-order valence-corrected chi connectivity index (χ2v) is 8.29. The van der Waals surface area contributed by atoms with Gasteiger partial charge >= 0.3 is 6.11 Å². The quantitative estimate of drug-likeness (QED) is 0.263. The maximum atomic E-state index is 14.8. The fourth-order valence-electron chi connectivity index (χ4n) is 3.87. The molecule has 178 valence electrons. The largest absolute Gasteiger partial charge is 0.429 e. The molecule has 3 aromatic carbocycles. The van der Waals surface area contributed by atoms with Gasteiger partial charge in [-0.2, -0.15) is 8.78 Å². The Bertz CT molecular complexity index is 1230. The standard InChI is InChI=1S/C26H19F7O/c1-14-2-4-15(5-3-14)19-10-11-20(24(30)23(19)29)16-6-8-17(9-7-16)26(32,33)34-18-12-21(27)25(31)22(28)13-18/h4,6-14H,2-3,5H2,1H3. The van der Waals surface area contributed by atoms with Gasteiger partial charge in [0.1, 0.15) is 5.75 Å². The minimum absolute atomic E-state index is 0.107. The van der Waals surface area contributed by atoms with Crippen molar-refractivity contribution < 1.29 is 35.5 Å². The highest BCUT2D eigenvalue weighted by molar-refractivity contribution is 5.72. The molecule has 1 unspecified atom stereocenters. The molecule has 0 heterocycles. The number of alkyl halides is 2. The Kier molecular flexibility index (Phi) is 6.43. The van der Waals surface area contributed by atoms with Crippen LogP contribution in [0.3, 0.4) is 0 Å². The van der Waals surface area contributed by atoms with Crippen LogP contribution in [0.25, 0.3) is 16.7 Å². The summed E-state index contributed by atoms with van der Waals surface area (Å²) in [4.78, 5) is 0. The molecule has 0 aliphatic heterocycles. The summed E-state index contributed by atoms with van der Waals surface area (Å²) in [6.07, 6.45) is 0.175. The van der Waals surface area contributed by atoms with Gasteiger partial charge in [-0.1, -0.05) is 37.3 Å². The summed E-state index contributed by atoms with van der Waals surface area (Å²) < 4.78 is 103. The molecular weight excluding hydrogens is 461 g/mol. The Morgan fingerprint density at radius 1 is 0.794 bits per heavy atom. The Labute approximate surface area is 191 Å². The Hall–Kier alpha value is -3.29. The van der Waals surface area contributed by atoms with Crippen LogP contribution in [0.5, 0.6) is 5.75 Å². The minimum Gasteiger partial charge on any atom is -0.429 e. The smallest absolute Gasteiger partial charge is 0.426 e. The maximum Gasteiger partial charge on any atom is 0.426 e. The number of rotatable bonds is 5. The third-order valence-corrected chi connectivity index (χ3v) is 5.84. The zero-order valence-electron chi connectivity index (χ0n) is 17.9. The molecule has 1 aliphatic carbocycles. The summed E-state index contributed by atoms with van der Waals surface area (Å²) >= 11 is 0. The van der Waals surface area contributed by atoms with Crippen LogP contribution in [0.4, 0.5) is 30.7 Å². The van der Waals surface area contributed by atoms with E-state index in [1.165, 1.54) is 12.1 Å². The van der Waals surface area contributed by atoms with E-state index in [2.05, 4.69) is 11.7 Å². The first-order chi connectivity index (χ1) is 16.1. The van der Waals surface area contributed by atoms with Crippen molar-refractivity contribution in [2.45, 2.75) is 32.3 Å². The van der Waals surface area contributed by atoms with Crippen molar-refractivity contribution in [3.63, 3.8) is 0 Å². The van der Waals surface area contributed by atoms with E-state index in [1.54, 1.807) is 0 Å². The van der Waals surface area contributed by atoms with E-state index in [1.807, 2.05) is 6.08 Å². The first-order valence-corrected chi connectivity index (χ1v) is 10.6. The van der Waals surface area contributed by atoms with Gasteiger partial charge in [-0.3, -0.25) is 0 Å². The van der Waals surface area contributed by atoms with Crippen LogP contribution in [-0.2, 0) is 6.11 Å². The monoisotopic (exact) mass is 480 g/mol. The lowest BCUT2D eigenvalue weighted by atomic mass is 9.87. The number of hydrogen-bond acceptors (Lipinski definition) is 1. The van der Waals surface area contributed by atoms with Crippen LogP contribution < -0.4 is 4.74 Å². The van der Waals surface area contributed by atoms with E-state index in [4.69, 9.17) is 0 Å². The highest BCUT2D eigenvalue weighted by Crippen LogP contribution is 2.37. The summed E-state index contributed by atoms with van der Waals surface area (Å²) in [5.74, 6) is -7.70. The fraction of sp³-hybridized carbons (Fsp3) is 0.231. The SMILES string of the molecule is CC1CC=C(c2ccc(-c3ccc(C(F)(F)Oc4cc(F)c(F)c(F)c4)cc3)c(F)c2F)CC1. The first kappa shape index (κ1) is 23.9. The van der Waals surface area contributed by atoms with Crippen LogP contribution in [-0.4, -0.2) is 0 Å². The molecule has 0 amide bonds. The van der Waals surface area contributed by atoms with Crippen molar-refractivity contribution >= 4 is 5.57 Å². The molecule has 1 aliphatic rings. The van der Waals surface area contributed by atoms with Crippen LogP contribution in [0, 0.1) is 35.0 Å². The molecule has 0 N–H and O–H groups in total. The molecule has 0 radical (unpaired) electrons. The molecule has 3 aromatic rings. The maximum absolute atomic E-state index is 14.8. The normalized spacial score (nSPS) is 16.4. The topological polar surface area (TPSA) is 9.23 Å². The Balaban J connectivity index is 1.58. The number of benzene rings is 3. The number of halogens is 7. The lowest BCUT2D eigenvalue weighted by Gasteiger charge is -2.20. The predicted molar refractivity (Wildman–Crippen MR) is 114 cm³/mol. The molecule has 1 atom stereocenters. The van der Waals surface area contributed by atoms with Crippen molar-refractivity contribution in [3.8, 4) is 16.9 Å². The van der Waals surface area contributed by atoms with Crippen LogP contribution in [0.2, 0.25) is 0 Å². The second-order valence-electron chi connectivity index (χ2n) is 8.29. The lowest BCUT2D eigenvalue weighted by Crippen LogP contribution is -2.22. The summed E-state index contributed by atoms with van der Waals surface area (Å²) in [6, 6.07) is 7.59. The van der Waals surface area contributed by atoms with Crippen molar-refractivity contribution in [1.29, 1.82) is 0 Å². The summed E-state index contributed by atoms with van der Waals surface area (Å²) in [7, 11) is 0. The van der Waals surface area contributed by atoms with Gasteiger partial charge < -0.3 is 4.74 Å². The number of hydrogen-bond donors (Lipinski definition) is 0. The molecule has 4 rings (SSSR count). The minimum atomic E-state index is -4.03. The average molecular weight is 480 g/mol. The van der Waals surface area contributed by atoms with Gasteiger partial charge in [-0.25, -0.2) is 22.0 Å². The van der Waals surface area contributed by atoms with E-state index in [0.717, 1.165) is 42.7 Å². The van der Waals surface area contributed by atoms with Crippen LogP contribution in [0.15, 0.2) is 54.6 Å². The van der Waals surface area contributed by atoms with Crippen molar-refractivity contribution in [2.75, 3.05) is 0 Å². The highest BCUT2D eigenvalue weighted by Gasteiger charge is 2.35. The van der Waals surface area contributed by atoms with Crippen molar-refractivity contribution in [3.05, 3.63) is 94.8 Å². The summed E-state index contributed by atoms with van der Waals surface area (Å²) in [6.45, 7) is 2.09. The van der Waals surface area contributed by atoms with E-state index >= 15 is 0 Å². The molecule has 34 heavy (non-hydrogen) atoms. The van der Waals surface area contributed by atoms with Crippen LogP contribution >= 0.6 is 0 Å². The molecule has 0 saturated heterocycles. The summed E-state index contributed by atoms with van der Waals surface area (Å²) in [5, 5.41) is 0. The van der Waals surface area contributed by atoms with Crippen molar-refractivity contribution in [2.24, 2.45) is 5.92 Å². The van der Waals surface area contributed by atoms with E-state index in [0.29, 0.717) is 24.5 Å². The van der Waals surface area contributed by atoms with Gasteiger partial charge in [-0.15, -0.1) is 0 Å². The van der Waals surface area contributed by atoms with Gasteiger partial charge in [-0.05, 0) is 48.4 Å². The second kappa shape index (κ2) is 9.16. The highest BCUT2D eigenvalue weighted by atomic mass is 19.3. The van der Waals surface area contributed by atoms with E-state index in [-0.39, 0.29) is 16.7 Å². The van der Waals surface area contributed by atoms with E-state index < -0.39 is 46.5 Å². The average Bonchev–Trinajstić information content (AvgIpc) is 2.80. The van der Waals surface area contributed by atoms with Crippen LogP contribution in [0.1, 0.15) is 37.3 Å². The molecule has 8 heteroatoms. The molecule has 0 spiro atoms. The van der Waals surface area contributed by atoms with Gasteiger partial charge in [0, 0.05) is 23.3 Å². The third kappa shape index (κ3) is 4.67. The lowest BCUT2D eigenvalue weighted by molar-refractivity contribution is -0.185. The van der Waals surface area contributed by atoms with Crippen molar-refractivity contribution in [1.82, 2.24) is 0 Å². The molecule has 0 bridgehead atoms. The van der Waals surface area contributed by atoms with Gasteiger partial charge in [0.25, 0.3) is 0 Å². The first-order valence-electron chi connectivity index (χ1n) is 10.6. The van der Waals surface area contributed by atoms with E-state index in [9.17, 15) is 30.7 Å². The molecule has 0 saturated carbocycles. The zero-order valence-corrected chi connectivity index (χ0v) is 17.9. The summed E-state index contributed by atoms with van der Waals surface area (Å²) in [5.41, 5.74) is 0.253. The predicted octanol–water partition coefficient (Wildman–Crippen LogP) is 8.38. The number of allylic oxidation sites excluding steroid dienone is 2. The fourth-order valence-corrected chi connectivity index (χ4v) is 3.87.